The highest BCUT2D eigenvalue weighted by atomic mass is 16.6. The van der Waals surface area contributed by atoms with Crippen molar-refractivity contribution in [3.05, 3.63) is 54.2 Å². The topological polar surface area (TPSA) is 95.7 Å². The molecule has 0 aliphatic carbocycles. The Balaban J connectivity index is 1.23. The second kappa shape index (κ2) is 10.2. The van der Waals surface area contributed by atoms with Crippen LogP contribution in [0.1, 0.15) is 12.5 Å². The van der Waals surface area contributed by atoms with Gasteiger partial charge >= 0.3 is 0 Å². The molecule has 0 fully saturated rings. The van der Waals surface area contributed by atoms with E-state index in [2.05, 4.69) is 21.7 Å². The molecule has 1 aliphatic heterocycles. The quantitative estimate of drug-likeness (QED) is 0.479. The molecule has 168 valence electrons. The van der Waals surface area contributed by atoms with E-state index in [1.165, 1.54) is 10.9 Å². The van der Waals surface area contributed by atoms with E-state index in [0.717, 1.165) is 11.9 Å². The van der Waals surface area contributed by atoms with Crippen LogP contribution in [0.2, 0.25) is 0 Å². The van der Waals surface area contributed by atoms with Gasteiger partial charge in [-0.25, -0.2) is 0 Å². The summed E-state index contributed by atoms with van der Waals surface area (Å²) in [6, 6.07) is 13.4. The molecule has 1 aromatic heterocycles. The summed E-state index contributed by atoms with van der Waals surface area (Å²) in [5, 5.41) is 6.98. The van der Waals surface area contributed by atoms with Gasteiger partial charge in [-0.2, -0.15) is 0 Å². The number of likely N-dealkylation sites (N-methyl/N-ethyl adjacent to an activating group) is 1. The Labute approximate surface area is 186 Å². The second-order valence-corrected chi connectivity index (χ2v) is 7.67. The van der Waals surface area contributed by atoms with E-state index in [4.69, 9.17) is 9.47 Å². The molecule has 0 bridgehead atoms. The minimum absolute atomic E-state index is 0.0983. The van der Waals surface area contributed by atoms with Crippen LogP contribution in [-0.2, 0) is 16.0 Å². The number of amides is 2. The van der Waals surface area contributed by atoms with Crippen molar-refractivity contribution in [2.75, 3.05) is 44.7 Å². The molecule has 3 aromatic rings. The fourth-order valence-corrected chi connectivity index (χ4v) is 3.74. The molecule has 8 heteroatoms. The summed E-state index contributed by atoms with van der Waals surface area (Å²) in [6.45, 7) is 4.36. The minimum atomic E-state index is -0.185. The number of anilines is 1. The number of carbonyl (C=O) groups is 2. The van der Waals surface area contributed by atoms with Crippen LogP contribution >= 0.6 is 0 Å². The summed E-state index contributed by atoms with van der Waals surface area (Å²) in [5.41, 5.74) is 2.90. The smallest absolute Gasteiger partial charge is 0.238 e. The highest BCUT2D eigenvalue weighted by molar-refractivity contribution is 5.93. The Morgan fingerprint density at radius 1 is 1.03 bits per heavy atom. The SMILES string of the molecule is CCN(CC(=O)NCCc1c[nH]c2ccccc12)CC(=O)Nc1ccc2c(c1)OCCO2. The van der Waals surface area contributed by atoms with Crippen LogP contribution in [0, 0.1) is 0 Å². The summed E-state index contributed by atoms with van der Waals surface area (Å²) in [6.07, 6.45) is 2.73. The Hall–Kier alpha value is -3.52. The maximum Gasteiger partial charge on any atom is 0.238 e. The molecule has 0 spiro atoms. The van der Waals surface area contributed by atoms with E-state index in [1.54, 1.807) is 23.1 Å². The molecule has 8 nitrogen and oxygen atoms in total. The van der Waals surface area contributed by atoms with E-state index >= 15 is 0 Å². The van der Waals surface area contributed by atoms with Gasteiger partial charge in [0.1, 0.15) is 13.2 Å². The molecule has 2 heterocycles. The third-order valence-electron chi connectivity index (χ3n) is 5.40. The lowest BCUT2D eigenvalue weighted by Gasteiger charge is -2.21. The van der Waals surface area contributed by atoms with Gasteiger partial charge in [-0.15, -0.1) is 0 Å². The zero-order valence-corrected chi connectivity index (χ0v) is 18.1. The number of carbonyl (C=O) groups excluding carboxylic acids is 2. The fraction of sp³-hybridized carbons (Fsp3) is 0.333. The number of hydrogen-bond donors (Lipinski definition) is 3. The lowest BCUT2D eigenvalue weighted by atomic mass is 10.1. The number of H-pyrrole nitrogens is 1. The second-order valence-electron chi connectivity index (χ2n) is 7.67. The van der Waals surface area contributed by atoms with Crippen molar-refractivity contribution in [2.45, 2.75) is 13.3 Å². The summed E-state index contributed by atoms with van der Waals surface area (Å²) in [5.74, 6) is 1.01. The average Bonchev–Trinajstić information content (AvgIpc) is 3.21. The van der Waals surface area contributed by atoms with Gasteiger partial charge in [-0.3, -0.25) is 14.5 Å². The summed E-state index contributed by atoms with van der Waals surface area (Å²) < 4.78 is 11.0. The van der Waals surface area contributed by atoms with Crippen molar-refractivity contribution in [3.8, 4) is 11.5 Å². The normalized spacial score (nSPS) is 12.7. The van der Waals surface area contributed by atoms with Crippen LogP contribution in [0.5, 0.6) is 11.5 Å². The van der Waals surface area contributed by atoms with Crippen molar-refractivity contribution >= 4 is 28.4 Å². The molecule has 2 amide bonds. The summed E-state index contributed by atoms with van der Waals surface area (Å²) in [7, 11) is 0. The van der Waals surface area contributed by atoms with Gasteiger partial charge in [-0.05, 0) is 36.7 Å². The van der Waals surface area contributed by atoms with Crippen LogP contribution in [-0.4, -0.2) is 61.1 Å². The van der Waals surface area contributed by atoms with Crippen molar-refractivity contribution < 1.29 is 19.1 Å². The molecular formula is C24H28N4O4. The van der Waals surface area contributed by atoms with Crippen LogP contribution in [0.25, 0.3) is 10.9 Å². The van der Waals surface area contributed by atoms with Crippen molar-refractivity contribution in [1.29, 1.82) is 0 Å². The Morgan fingerprint density at radius 3 is 2.66 bits per heavy atom. The maximum absolute atomic E-state index is 12.5. The van der Waals surface area contributed by atoms with Crippen molar-refractivity contribution in [2.24, 2.45) is 0 Å². The number of rotatable bonds is 9. The van der Waals surface area contributed by atoms with E-state index in [1.807, 2.05) is 31.3 Å². The van der Waals surface area contributed by atoms with Crippen LogP contribution in [0.15, 0.2) is 48.7 Å². The first kappa shape index (κ1) is 21.7. The highest BCUT2D eigenvalue weighted by Gasteiger charge is 2.16. The molecule has 2 aromatic carbocycles. The van der Waals surface area contributed by atoms with E-state index in [9.17, 15) is 9.59 Å². The fourth-order valence-electron chi connectivity index (χ4n) is 3.74. The number of ether oxygens (including phenoxy) is 2. The molecule has 0 radical (unpaired) electrons. The predicted octanol–water partition coefficient (Wildman–Crippen LogP) is 2.56. The predicted molar refractivity (Wildman–Crippen MR) is 123 cm³/mol. The average molecular weight is 437 g/mol. The number of aromatic nitrogens is 1. The molecule has 4 rings (SSSR count). The number of nitrogens with one attached hydrogen (secondary N) is 3. The maximum atomic E-state index is 12.5. The molecule has 3 N–H and O–H groups in total. The number of para-hydroxylation sites is 1. The zero-order valence-electron chi connectivity index (χ0n) is 18.1. The Morgan fingerprint density at radius 2 is 1.81 bits per heavy atom. The molecule has 32 heavy (non-hydrogen) atoms. The largest absolute Gasteiger partial charge is 0.486 e. The van der Waals surface area contributed by atoms with Gasteiger partial charge in [0.25, 0.3) is 0 Å². The number of hydrogen-bond acceptors (Lipinski definition) is 5. The third kappa shape index (κ3) is 5.39. The van der Waals surface area contributed by atoms with Gasteiger partial charge in [-0.1, -0.05) is 25.1 Å². The van der Waals surface area contributed by atoms with Gasteiger partial charge in [0.05, 0.1) is 13.1 Å². The zero-order chi connectivity index (χ0) is 22.3. The van der Waals surface area contributed by atoms with Crippen LogP contribution < -0.4 is 20.1 Å². The van der Waals surface area contributed by atoms with Gasteiger partial charge < -0.3 is 25.1 Å². The van der Waals surface area contributed by atoms with Gasteiger partial charge in [0.2, 0.25) is 11.8 Å². The van der Waals surface area contributed by atoms with Crippen LogP contribution in [0.3, 0.4) is 0 Å². The highest BCUT2D eigenvalue weighted by Crippen LogP contribution is 2.32. The number of nitrogens with zero attached hydrogens (tertiary/aromatic N) is 1. The van der Waals surface area contributed by atoms with E-state index in [0.29, 0.717) is 43.5 Å². The molecule has 0 saturated carbocycles. The van der Waals surface area contributed by atoms with E-state index in [-0.39, 0.29) is 24.9 Å². The Kier molecular flexibility index (Phi) is 6.91. The number of fused-ring (bicyclic) bond motifs is 2. The Bertz CT molecular complexity index is 1090. The van der Waals surface area contributed by atoms with Gasteiger partial charge in [0.15, 0.2) is 11.5 Å². The molecule has 1 aliphatic rings. The van der Waals surface area contributed by atoms with Crippen LogP contribution in [0.4, 0.5) is 5.69 Å². The first-order chi connectivity index (χ1) is 15.6. The number of benzene rings is 2. The van der Waals surface area contributed by atoms with Gasteiger partial charge in [0, 0.05) is 35.4 Å². The van der Waals surface area contributed by atoms with Crippen molar-refractivity contribution in [1.82, 2.24) is 15.2 Å². The first-order valence-electron chi connectivity index (χ1n) is 10.9. The third-order valence-corrected chi connectivity index (χ3v) is 5.40. The summed E-state index contributed by atoms with van der Waals surface area (Å²) >= 11 is 0. The first-order valence-corrected chi connectivity index (χ1v) is 10.9. The monoisotopic (exact) mass is 436 g/mol. The molecule has 0 unspecified atom stereocenters. The van der Waals surface area contributed by atoms with E-state index < -0.39 is 0 Å². The standard InChI is InChI=1S/C24H28N4O4/c1-2-28(16-24(30)27-18-7-8-21-22(13-18)32-12-11-31-21)15-23(29)25-10-9-17-14-26-20-6-4-3-5-19(17)20/h3-8,13-14,26H,2,9-12,15-16H2,1H3,(H,25,29)(H,27,30). The molecular weight excluding hydrogens is 408 g/mol. The summed E-state index contributed by atoms with van der Waals surface area (Å²) in [4.78, 5) is 29.9. The minimum Gasteiger partial charge on any atom is -0.486 e. The lowest BCUT2D eigenvalue weighted by molar-refractivity contribution is -0.123. The van der Waals surface area contributed by atoms with Crippen molar-refractivity contribution in [3.63, 3.8) is 0 Å². The molecule has 0 atom stereocenters. The lowest BCUT2D eigenvalue weighted by Crippen LogP contribution is -2.41. The number of aromatic amines is 1. The molecule has 0 saturated heterocycles.